The molecule has 1 aliphatic heterocycles. The molecule has 2 aliphatic rings. The molecular formula is C17H22Cl2N2O. The Labute approximate surface area is 141 Å². The number of nitrogens with two attached hydrogens (primary N) is 1. The van der Waals surface area contributed by atoms with Crippen LogP contribution < -0.4 is 5.73 Å². The molecule has 3 unspecified atom stereocenters. The third-order valence-electron chi connectivity index (χ3n) is 5.11. The fourth-order valence-corrected chi connectivity index (χ4v) is 4.13. The van der Waals surface area contributed by atoms with Gasteiger partial charge in [0.1, 0.15) is 0 Å². The van der Waals surface area contributed by atoms with Crippen molar-refractivity contribution in [3.8, 4) is 0 Å². The van der Waals surface area contributed by atoms with Gasteiger partial charge in [-0.3, -0.25) is 4.79 Å². The summed E-state index contributed by atoms with van der Waals surface area (Å²) in [6, 6.07) is 5.95. The van der Waals surface area contributed by atoms with Crippen LogP contribution >= 0.6 is 23.2 Å². The van der Waals surface area contributed by atoms with Gasteiger partial charge in [0, 0.05) is 25.6 Å². The molecule has 1 aliphatic carbocycles. The smallest absolute Gasteiger partial charge is 0.222 e. The van der Waals surface area contributed by atoms with E-state index in [4.69, 9.17) is 28.9 Å². The lowest BCUT2D eigenvalue weighted by atomic mass is 9.98. The van der Waals surface area contributed by atoms with E-state index in [0.29, 0.717) is 34.3 Å². The zero-order chi connectivity index (χ0) is 15.7. The third kappa shape index (κ3) is 3.42. The maximum absolute atomic E-state index is 12.3. The van der Waals surface area contributed by atoms with E-state index >= 15 is 0 Å². The SMILES string of the molecule is NC1CCC2CN(C(=O)CCCc3ccc(Cl)c(Cl)c3)CC12. The quantitative estimate of drug-likeness (QED) is 0.911. The van der Waals surface area contributed by atoms with E-state index < -0.39 is 0 Å². The number of halogens is 2. The van der Waals surface area contributed by atoms with E-state index in [1.165, 1.54) is 6.42 Å². The Balaban J connectivity index is 1.46. The fraction of sp³-hybridized carbons (Fsp3) is 0.588. The van der Waals surface area contributed by atoms with Crippen LogP contribution in [0.2, 0.25) is 10.0 Å². The van der Waals surface area contributed by atoms with Crippen molar-refractivity contribution in [1.29, 1.82) is 0 Å². The number of amides is 1. The maximum Gasteiger partial charge on any atom is 0.222 e. The van der Waals surface area contributed by atoms with E-state index in [9.17, 15) is 4.79 Å². The van der Waals surface area contributed by atoms with Gasteiger partial charge in [0.05, 0.1) is 10.0 Å². The van der Waals surface area contributed by atoms with Gasteiger partial charge in [-0.1, -0.05) is 29.3 Å². The summed E-state index contributed by atoms with van der Waals surface area (Å²) >= 11 is 11.9. The van der Waals surface area contributed by atoms with Crippen LogP contribution in [-0.4, -0.2) is 29.9 Å². The predicted molar refractivity (Wildman–Crippen MR) is 90.2 cm³/mol. The van der Waals surface area contributed by atoms with Crippen LogP contribution in [0.4, 0.5) is 0 Å². The molecule has 0 aromatic heterocycles. The average Bonchev–Trinajstić information content (AvgIpc) is 3.05. The van der Waals surface area contributed by atoms with Gasteiger partial charge in [-0.2, -0.15) is 0 Å². The van der Waals surface area contributed by atoms with Crippen LogP contribution in [0.1, 0.15) is 31.2 Å². The molecule has 1 heterocycles. The summed E-state index contributed by atoms with van der Waals surface area (Å²) in [6.45, 7) is 1.77. The Morgan fingerprint density at radius 2 is 2.05 bits per heavy atom. The van der Waals surface area contributed by atoms with Gasteiger partial charge in [-0.15, -0.1) is 0 Å². The molecule has 5 heteroatoms. The van der Waals surface area contributed by atoms with Crippen molar-refractivity contribution in [1.82, 2.24) is 4.90 Å². The highest BCUT2D eigenvalue weighted by Crippen LogP contribution is 2.37. The Bertz CT molecular complexity index is 564. The third-order valence-corrected chi connectivity index (χ3v) is 5.84. The maximum atomic E-state index is 12.3. The standard InChI is InChI=1S/C17H22Cl2N2O/c18-14-6-4-11(8-15(14)19)2-1-3-17(22)21-9-12-5-7-16(20)13(12)10-21/h4,6,8,12-13,16H,1-3,5,7,9-10,20H2. The number of likely N-dealkylation sites (tertiary alicyclic amines) is 1. The lowest BCUT2D eigenvalue weighted by Gasteiger charge is -2.18. The monoisotopic (exact) mass is 340 g/mol. The lowest BCUT2D eigenvalue weighted by Crippen LogP contribution is -2.33. The first-order valence-electron chi connectivity index (χ1n) is 8.02. The van der Waals surface area contributed by atoms with Crippen LogP contribution in [0.3, 0.4) is 0 Å². The van der Waals surface area contributed by atoms with Gasteiger partial charge in [0.15, 0.2) is 0 Å². The Morgan fingerprint density at radius 1 is 1.23 bits per heavy atom. The Kier molecular flexibility index (Phi) is 4.96. The number of fused-ring (bicyclic) bond motifs is 1. The molecule has 0 radical (unpaired) electrons. The van der Waals surface area contributed by atoms with E-state index in [0.717, 1.165) is 37.9 Å². The second-order valence-electron chi connectivity index (χ2n) is 6.57. The highest BCUT2D eigenvalue weighted by molar-refractivity contribution is 6.42. The number of hydrogen-bond acceptors (Lipinski definition) is 2. The number of nitrogens with zero attached hydrogens (tertiary/aromatic N) is 1. The summed E-state index contributed by atoms with van der Waals surface area (Å²) in [7, 11) is 0. The largest absolute Gasteiger partial charge is 0.342 e. The molecule has 1 aromatic rings. The second kappa shape index (κ2) is 6.77. The molecule has 1 amide bonds. The first-order chi connectivity index (χ1) is 10.5. The minimum atomic E-state index is 0.265. The molecule has 1 saturated carbocycles. The molecule has 1 aromatic carbocycles. The van der Waals surface area contributed by atoms with Crippen molar-refractivity contribution in [3.63, 3.8) is 0 Å². The van der Waals surface area contributed by atoms with Crippen LogP contribution in [0.5, 0.6) is 0 Å². The average molecular weight is 341 g/mol. The summed E-state index contributed by atoms with van der Waals surface area (Å²) in [6.07, 6.45) is 4.58. The lowest BCUT2D eigenvalue weighted by molar-refractivity contribution is -0.130. The van der Waals surface area contributed by atoms with Gasteiger partial charge in [-0.25, -0.2) is 0 Å². The minimum absolute atomic E-state index is 0.265. The van der Waals surface area contributed by atoms with Crippen LogP contribution in [0, 0.1) is 11.8 Å². The molecule has 3 rings (SSSR count). The minimum Gasteiger partial charge on any atom is -0.342 e. The molecule has 2 N–H and O–H groups in total. The van der Waals surface area contributed by atoms with E-state index in [-0.39, 0.29) is 5.91 Å². The first-order valence-corrected chi connectivity index (χ1v) is 8.77. The zero-order valence-electron chi connectivity index (χ0n) is 12.6. The number of aryl methyl sites for hydroxylation is 1. The van der Waals surface area contributed by atoms with Crippen molar-refractivity contribution >= 4 is 29.1 Å². The Morgan fingerprint density at radius 3 is 2.77 bits per heavy atom. The van der Waals surface area contributed by atoms with Crippen molar-refractivity contribution < 1.29 is 4.79 Å². The number of carbonyl (C=O) groups excluding carboxylic acids is 1. The number of benzene rings is 1. The van der Waals surface area contributed by atoms with Crippen LogP contribution in [0.25, 0.3) is 0 Å². The summed E-state index contributed by atoms with van der Waals surface area (Å²) in [5, 5.41) is 1.15. The number of carbonyl (C=O) groups is 1. The molecular weight excluding hydrogens is 319 g/mol. The molecule has 120 valence electrons. The molecule has 1 saturated heterocycles. The normalized spacial score (nSPS) is 27.2. The fourth-order valence-electron chi connectivity index (χ4n) is 3.81. The van der Waals surface area contributed by atoms with Gasteiger partial charge in [0.25, 0.3) is 0 Å². The molecule has 0 spiro atoms. The van der Waals surface area contributed by atoms with Crippen molar-refractivity contribution in [2.45, 2.75) is 38.1 Å². The molecule has 22 heavy (non-hydrogen) atoms. The van der Waals surface area contributed by atoms with Crippen molar-refractivity contribution in [2.24, 2.45) is 17.6 Å². The van der Waals surface area contributed by atoms with E-state index in [1.807, 2.05) is 23.1 Å². The molecule has 2 fully saturated rings. The highest BCUT2D eigenvalue weighted by atomic mass is 35.5. The van der Waals surface area contributed by atoms with E-state index in [2.05, 4.69) is 0 Å². The predicted octanol–water partition coefficient (Wildman–Crippen LogP) is 3.51. The molecule has 0 bridgehead atoms. The number of rotatable bonds is 4. The van der Waals surface area contributed by atoms with Crippen LogP contribution in [-0.2, 0) is 11.2 Å². The van der Waals surface area contributed by atoms with Gasteiger partial charge >= 0.3 is 0 Å². The van der Waals surface area contributed by atoms with Gasteiger partial charge in [0.2, 0.25) is 5.91 Å². The van der Waals surface area contributed by atoms with Crippen molar-refractivity contribution in [2.75, 3.05) is 13.1 Å². The molecule has 3 atom stereocenters. The number of hydrogen-bond donors (Lipinski definition) is 1. The first kappa shape index (κ1) is 16.1. The topological polar surface area (TPSA) is 46.3 Å². The van der Waals surface area contributed by atoms with E-state index in [1.54, 1.807) is 0 Å². The Hall–Kier alpha value is -0.770. The van der Waals surface area contributed by atoms with Gasteiger partial charge < -0.3 is 10.6 Å². The molecule has 3 nitrogen and oxygen atoms in total. The zero-order valence-corrected chi connectivity index (χ0v) is 14.1. The van der Waals surface area contributed by atoms with Crippen molar-refractivity contribution in [3.05, 3.63) is 33.8 Å². The summed E-state index contributed by atoms with van der Waals surface area (Å²) in [4.78, 5) is 14.3. The summed E-state index contributed by atoms with van der Waals surface area (Å²) < 4.78 is 0. The van der Waals surface area contributed by atoms with Gasteiger partial charge in [-0.05, 0) is 55.2 Å². The highest BCUT2D eigenvalue weighted by Gasteiger charge is 2.42. The second-order valence-corrected chi connectivity index (χ2v) is 7.38. The summed E-state index contributed by atoms with van der Waals surface area (Å²) in [5.41, 5.74) is 7.25. The van der Waals surface area contributed by atoms with Crippen LogP contribution in [0.15, 0.2) is 18.2 Å². The summed E-state index contributed by atoms with van der Waals surface area (Å²) in [5.74, 6) is 1.43.